The van der Waals surface area contributed by atoms with Crippen molar-refractivity contribution in [1.82, 2.24) is 9.97 Å². The summed E-state index contributed by atoms with van der Waals surface area (Å²) in [5.41, 5.74) is 7.38. The maximum Gasteiger partial charge on any atom is 0.149 e. The molecule has 3 N–H and O–H groups in total. The quantitative estimate of drug-likeness (QED) is 0.876. The molecular formula is C12H16N4S. The molecule has 90 valence electrons. The minimum absolute atomic E-state index is 0.273. The van der Waals surface area contributed by atoms with E-state index in [0.717, 1.165) is 10.6 Å². The summed E-state index contributed by atoms with van der Waals surface area (Å²) in [6.07, 6.45) is 3.60. The molecule has 0 aliphatic rings. The van der Waals surface area contributed by atoms with Crippen LogP contribution in [0.4, 0.5) is 11.5 Å². The molecule has 4 nitrogen and oxygen atoms in total. The van der Waals surface area contributed by atoms with Crippen molar-refractivity contribution in [3.05, 3.63) is 34.4 Å². The number of nitrogen functional groups attached to an aromatic ring is 1. The number of rotatable bonds is 3. The van der Waals surface area contributed by atoms with Gasteiger partial charge in [0.1, 0.15) is 10.8 Å². The third kappa shape index (κ3) is 2.55. The average Bonchev–Trinajstić information content (AvgIpc) is 2.76. The van der Waals surface area contributed by atoms with E-state index < -0.39 is 0 Å². The third-order valence-electron chi connectivity index (χ3n) is 2.45. The molecule has 0 unspecified atom stereocenters. The van der Waals surface area contributed by atoms with Crippen molar-refractivity contribution in [3.8, 4) is 0 Å². The highest BCUT2D eigenvalue weighted by atomic mass is 32.1. The van der Waals surface area contributed by atoms with Crippen LogP contribution < -0.4 is 11.1 Å². The zero-order valence-electron chi connectivity index (χ0n) is 10.2. The summed E-state index contributed by atoms with van der Waals surface area (Å²) in [7, 11) is 0. The third-order valence-corrected chi connectivity index (χ3v) is 3.55. The van der Waals surface area contributed by atoms with Gasteiger partial charge in [-0.05, 0) is 32.4 Å². The van der Waals surface area contributed by atoms with E-state index in [1.165, 1.54) is 0 Å². The topological polar surface area (TPSA) is 63.8 Å². The maximum atomic E-state index is 5.94. The number of pyridine rings is 1. The molecule has 17 heavy (non-hydrogen) atoms. The van der Waals surface area contributed by atoms with Crippen LogP contribution in [0.1, 0.15) is 24.4 Å². The van der Waals surface area contributed by atoms with Gasteiger partial charge in [-0.2, -0.15) is 0 Å². The lowest BCUT2D eigenvalue weighted by Crippen LogP contribution is -2.28. The normalized spacial score (nSPS) is 11.5. The van der Waals surface area contributed by atoms with Gasteiger partial charge in [-0.25, -0.2) is 9.97 Å². The zero-order valence-corrected chi connectivity index (χ0v) is 11.0. The van der Waals surface area contributed by atoms with E-state index in [9.17, 15) is 0 Å². The second-order valence-corrected chi connectivity index (χ2v) is 5.43. The predicted molar refractivity (Wildman–Crippen MR) is 72.1 cm³/mol. The first-order valence-corrected chi connectivity index (χ1v) is 6.27. The minimum atomic E-state index is -0.273. The van der Waals surface area contributed by atoms with Crippen LogP contribution in [-0.4, -0.2) is 9.97 Å². The molecule has 0 atom stereocenters. The van der Waals surface area contributed by atoms with Crippen LogP contribution in [-0.2, 0) is 5.54 Å². The molecule has 0 amide bonds. The highest BCUT2D eigenvalue weighted by molar-refractivity contribution is 7.09. The first-order chi connectivity index (χ1) is 7.99. The van der Waals surface area contributed by atoms with Gasteiger partial charge in [-0.3, -0.25) is 0 Å². The van der Waals surface area contributed by atoms with Crippen LogP contribution in [0.2, 0.25) is 0 Å². The van der Waals surface area contributed by atoms with E-state index in [2.05, 4.69) is 29.1 Å². The van der Waals surface area contributed by atoms with Gasteiger partial charge in [0.15, 0.2) is 0 Å². The molecule has 2 aromatic rings. The molecule has 0 spiro atoms. The Hall–Kier alpha value is -1.62. The fourth-order valence-electron chi connectivity index (χ4n) is 1.58. The summed E-state index contributed by atoms with van der Waals surface area (Å²) in [4.78, 5) is 8.63. The number of hydrogen-bond acceptors (Lipinski definition) is 5. The van der Waals surface area contributed by atoms with Crippen LogP contribution >= 0.6 is 11.3 Å². The number of aryl methyl sites for hydroxylation is 1. The molecular weight excluding hydrogens is 232 g/mol. The van der Waals surface area contributed by atoms with Crippen LogP contribution in [0.25, 0.3) is 0 Å². The molecule has 0 saturated heterocycles. The molecule has 0 fully saturated rings. The monoisotopic (exact) mass is 248 g/mol. The van der Waals surface area contributed by atoms with E-state index in [0.29, 0.717) is 11.5 Å². The Balaban J connectivity index is 2.26. The van der Waals surface area contributed by atoms with Crippen LogP contribution in [0.3, 0.4) is 0 Å². The Bertz CT molecular complexity index is 505. The van der Waals surface area contributed by atoms with Gasteiger partial charge >= 0.3 is 0 Å². The van der Waals surface area contributed by atoms with Crippen molar-refractivity contribution < 1.29 is 0 Å². The SMILES string of the molecule is Cc1cnc(NC(C)(C)c2nccs2)c(N)c1. The van der Waals surface area contributed by atoms with Gasteiger partial charge in [-0.15, -0.1) is 11.3 Å². The second-order valence-electron chi connectivity index (χ2n) is 4.54. The molecule has 0 saturated carbocycles. The molecule has 0 bridgehead atoms. The summed E-state index contributed by atoms with van der Waals surface area (Å²) in [6.45, 7) is 6.10. The summed E-state index contributed by atoms with van der Waals surface area (Å²) in [5.74, 6) is 0.704. The van der Waals surface area contributed by atoms with Crippen molar-refractivity contribution in [1.29, 1.82) is 0 Å². The van der Waals surface area contributed by atoms with Gasteiger partial charge in [0.05, 0.1) is 11.2 Å². The lowest BCUT2D eigenvalue weighted by atomic mass is 10.1. The van der Waals surface area contributed by atoms with E-state index in [-0.39, 0.29) is 5.54 Å². The maximum absolute atomic E-state index is 5.94. The fraction of sp³-hybridized carbons (Fsp3) is 0.333. The van der Waals surface area contributed by atoms with E-state index in [1.807, 2.05) is 18.4 Å². The van der Waals surface area contributed by atoms with Crippen molar-refractivity contribution in [2.75, 3.05) is 11.1 Å². The number of hydrogen-bond donors (Lipinski definition) is 2. The number of nitrogens with one attached hydrogen (secondary N) is 1. The van der Waals surface area contributed by atoms with E-state index >= 15 is 0 Å². The summed E-state index contributed by atoms with van der Waals surface area (Å²) < 4.78 is 0. The van der Waals surface area contributed by atoms with E-state index in [1.54, 1.807) is 23.7 Å². The lowest BCUT2D eigenvalue weighted by Gasteiger charge is -2.25. The minimum Gasteiger partial charge on any atom is -0.396 e. The highest BCUT2D eigenvalue weighted by Gasteiger charge is 2.24. The summed E-state index contributed by atoms with van der Waals surface area (Å²) >= 11 is 1.62. The number of nitrogens with zero attached hydrogens (tertiary/aromatic N) is 2. The highest BCUT2D eigenvalue weighted by Crippen LogP contribution is 2.28. The molecule has 0 aliphatic heterocycles. The Morgan fingerprint density at radius 2 is 2.12 bits per heavy atom. The molecule has 5 heteroatoms. The molecule has 2 aromatic heterocycles. The molecule has 2 heterocycles. The molecule has 0 aromatic carbocycles. The van der Waals surface area contributed by atoms with Crippen molar-refractivity contribution in [2.24, 2.45) is 0 Å². The number of anilines is 2. The van der Waals surface area contributed by atoms with E-state index in [4.69, 9.17) is 5.73 Å². The largest absolute Gasteiger partial charge is 0.396 e. The number of thiazole rings is 1. The Labute approximate surface area is 105 Å². The Morgan fingerprint density at radius 3 is 2.71 bits per heavy atom. The Kier molecular flexibility index (Phi) is 3.02. The zero-order chi connectivity index (χ0) is 12.5. The molecule has 0 aliphatic carbocycles. The fourth-order valence-corrected chi connectivity index (χ4v) is 2.30. The van der Waals surface area contributed by atoms with Crippen molar-refractivity contribution in [3.63, 3.8) is 0 Å². The number of aromatic nitrogens is 2. The summed E-state index contributed by atoms with van der Waals surface area (Å²) in [6, 6.07) is 1.91. The Morgan fingerprint density at radius 1 is 1.35 bits per heavy atom. The summed E-state index contributed by atoms with van der Waals surface area (Å²) in [5, 5.41) is 6.30. The van der Waals surface area contributed by atoms with Gasteiger partial charge in [-0.1, -0.05) is 0 Å². The van der Waals surface area contributed by atoms with Crippen LogP contribution in [0, 0.1) is 6.92 Å². The van der Waals surface area contributed by atoms with Gasteiger partial charge in [0.2, 0.25) is 0 Å². The van der Waals surface area contributed by atoms with Crippen LogP contribution in [0.15, 0.2) is 23.8 Å². The standard InChI is InChI=1S/C12H16N4S/c1-8-6-9(13)10(15-7-8)16-12(2,3)11-14-4-5-17-11/h4-7H,13H2,1-3H3,(H,15,16). The van der Waals surface area contributed by atoms with Gasteiger partial charge in [0.25, 0.3) is 0 Å². The van der Waals surface area contributed by atoms with Gasteiger partial charge < -0.3 is 11.1 Å². The molecule has 0 radical (unpaired) electrons. The van der Waals surface area contributed by atoms with Gasteiger partial charge in [0, 0.05) is 17.8 Å². The number of nitrogens with two attached hydrogens (primary N) is 1. The second kappa shape index (κ2) is 4.33. The molecule has 2 rings (SSSR count). The average molecular weight is 248 g/mol. The first-order valence-electron chi connectivity index (χ1n) is 5.39. The van der Waals surface area contributed by atoms with Crippen molar-refractivity contribution in [2.45, 2.75) is 26.3 Å². The lowest BCUT2D eigenvalue weighted by molar-refractivity contribution is 0.601. The van der Waals surface area contributed by atoms with Crippen LogP contribution in [0.5, 0.6) is 0 Å². The first kappa shape index (κ1) is 11.9. The smallest absolute Gasteiger partial charge is 0.149 e. The van der Waals surface area contributed by atoms with Crippen molar-refractivity contribution >= 4 is 22.8 Å². The predicted octanol–water partition coefficient (Wildman–Crippen LogP) is 2.78.